The second kappa shape index (κ2) is 8.08. The van der Waals surface area contributed by atoms with Crippen molar-refractivity contribution in [2.24, 2.45) is 16.7 Å². The number of rotatable bonds is 3. The quantitative estimate of drug-likeness (QED) is 0.453. The van der Waals surface area contributed by atoms with Crippen molar-refractivity contribution in [2.45, 2.75) is 46.1 Å². The fourth-order valence-electron chi connectivity index (χ4n) is 3.61. The number of nitriles is 1. The van der Waals surface area contributed by atoms with Crippen molar-refractivity contribution < 1.29 is 28.5 Å². The summed E-state index contributed by atoms with van der Waals surface area (Å²) in [6.07, 6.45) is 2.81. The third-order valence-corrected chi connectivity index (χ3v) is 6.12. The van der Waals surface area contributed by atoms with Crippen LogP contribution in [0.1, 0.15) is 40.0 Å². The number of hydrogen-bond acceptors (Lipinski definition) is 7. The van der Waals surface area contributed by atoms with Gasteiger partial charge in [-0.2, -0.15) is 5.26 Å². The lowest BCUT2D eigenvalue weighted by molar-refractivity contribution is -0.170. The Kier molecular flexibility index (Phi) is 6.93. The number of nitrogens with zero attached hydrogens (tertiary/aromatic N) is 1. The summed E-state index contributed by atoms with van der Waals surface area (Å²) in [5, 5.41) is 17.3. The van der Waals surface area contributed by atoms with Gasteiger partial charge in [0, 0.05) is 5.41 Å². The molecule has 2 fully saturated rings. The first-order valence-electron chi connectivity index (χ1n) is 7.36. The van der Waals surface area contributed by atoms with Crippen molar-refractivity contribution in [2.75, 3.05) is 5.75 Å². The zero-order valence-electron chi connectivity index (χ0n) is 13.7. The number of esters is 1. The van der Waals surface area contributed by atoms with E-state index in [4.69, 9.17) is 27.0 Å². The Morgan fingerprint density at radius 3 is 2.29 bits per heavy atom. The summed E-state index contributed by atoms with van der Waals surface area (Å²) in [5.74, 6) is -2.66. The molecule has 0 amide bonds. The van der Waals surface area contributed by atoms with Crippen LogP contribution in [0.5, 0.6) is 0 Å². The lowest BCUT2D eigenvalue weighted by atomic mass is 9.70. The molecule has 0 heterocycles. The Morgan fingerprint density at radius 1 is 1.33 bits per heavy atom. The van der Waals surface area contributed by atoms with Crippen molar-refractivity contribution in [3.63, 3.8) is 0 Å². The average molecular weight is 378 g/mol. The Hall–Kier alpha value is -1.46. The third kappa shape index (κ3) is 4.14. The Labute approximate surface area is 149 Å². The molecule has 2 aliphatic carbocycles. The number of aliphatic carboxylic acids is 1. The van der Waals surface area contributed by atoms with Gasteiger partial charge in [-0.1, -0.05) is 20.8 Å². The van der Waals surface area contributed by atoms with Gasteiger partial charge in [0.2, 0.25) is 0 Å². The second-order valence-electron chi connectivity index (χ2n) is 6.64. The number of carbonyl (C=O) groups is 3. The van der Waals surface area contributed by atoms with Crippen LogP contribution in [0.25, 0.3) is 0 Å². The van der Waals surface area contributed by atoms with E-state index in [1.54, 1.807) is 5.40 Å². The first kappa shape index (κ1) is 20.6. The van der Waals surface area contributed by atoms with Gasteiger partial charge in [0.15, 0.2) is 0 Å². The number of carboxylic acids is 1. The van der Waals surface area contributed by atoms with E-state index in [0.29, 0.717) is 5.92 Å². The Bertz CT molecular complexity index is 561. The number of thioether (sulfide) groups is 1. The van der Waals surface area contributed by atoms with Gasteiger partial charge in [0.25, 0.3) is 0 Å². The minimum atomic E-state index is -1.14. The van der Waals surface area contributed by atoms with Crippen LogP contribution in [-0.4, -0.2) is 34.9 Å². The van der Waals surface area contributed by atoms with Crippen molar-refractivity contribution in [1.29, 1.82) is 5.26 Å². The predicted octanol–water partition coefficient (Wildman–Crippen LogP) is 2.73. The molecule has 1 N–H and O–H groups in total. The van der Waals surface area contributed by atoms with Crippen LogP contribution in [0.2, 0.25) is 0 Å². The van der Waals surface area contributed by atoms with Crippen molar-refractivity contribution in [3.05, 3.63) is 0 Å². The monoisotopic (exact) mass is 377 g/mol. The molecular formula is C15H20ClNO6S. The summed E-state index contributed by atoms with van der Waals surface area (Å²) >= 11 is 5.57. The molecule has 2 rings (SSSR count). The molecule has 0 aromatic rings. The molecule has 0 aromatic carbocycles. The third-order valence-electron chi connectivity index (χ3n) is 5.46. The Balaban J connectivity index is 0.000000351. The molecule has 1 unspecified atom stereocenters. The van der Waals surface area contributed by atoms with Crippen LogP contribution in [0.4, 0.5) is 0 Å². The van der Waals surface area contributed by atoms with Crippen LogP contribution in [0, 0.1) is 27.4 Å². The molecule has 0 saturated heterocycles. The molecule has 9 heteroatoms. The maximum atomic E-state index is 11.4. The summed E-state index contributed by atoms with van der Waals surface area (Å²) in [6, 6.07) is 0. The van der Waals surface area contributed by atoms with Crippen molar-refractivity contribution in [3.8, 4) is 5.40 Å². The van der Waals surface area contributed by atoms with E-state index in [0.717, 1.165) is 31.0 Å². The summed E-state index contributed by atoms with van der Waals surface area (Å²) in [6.45, 7) is 6.54. The predicted molar refractivity (Wildman–Crippen MR) is 86.8 cm³/mol. The summed E-state index contributed by atoms with van der Waals surface area (Å²) in [5.41, 5.74) is 0.0860. The van der Waals surface area contributed by atoms with Crippen LogP contribution in [0.3, 0.4) is 0 Å². The second-order valence-corrected chi connectivity index (χ2v) is 7.56. The highest BCUT2D eigenvalue weighted by Crippen LogP contribution is 2.66. The number of carboxylic acid groups (broad SMARTS) is 1. The molecule has 2 bridgehead atoms. The lowest BCUT2D eigenvalue weighted by Crippen LogP contribution is -2.39. The molecule has 0 radical (unpaired) electrons. The van der Waals surface area contributed by atoms with E-state index in [2.05, 4.69) is 25.1 Å². The van der Waals surface area contributed by atoms with Gasteiger partial charge < -0.3 is 14.1 Å². The largest absolute Gasteiger partial charge is 0.481 e. The molecule has 3 atom stereocenters. The van der Waals surface area contributed by atoms with Crippen molar-refractivity contribution >= 4 is 41.5 Å². The minimum Gasteiger partial charge on any atom is -0.481 e. The van der Waals surface area contributed by atoms with Gasteiger partial charge >= 0.3 is 17.9 Å². The summed E-state index contributed by atoms with van der Waals surface area (Å²) < 4.78 is 9.08. The first-order valence-corrected chi connectivity index (χ1v) is 8.65. The zero-order valence-corrected chi connectivity index (χ0v) is 15.3. The van der Waals surface area contributed by atoms with Crippen LogP contribution < -0.4 is 0 Å². The van der Waals surface area contributed by atoms with Crippen LogP contribution >= 0.6 is 23.6 Å². The highest BCUT2D eigenvalue weighted by atomic mass is 35.5. The van der Waals surface area contributed by atoms with E-state index in [9.17, 15) is 14.4 Å². The SMILES string of the molecule is CC1(C)[C@@H]2CC[C@]1(C)C(OC(=O)C(=O)OCl)C2.N#CSCC(=O)O. The molecule has 0 aliphatic heterocycles. The first-order chi connectivity index (χ1) is 11.1. The summed E-state index contributed by atoms with van der Waals surface area (Å²) in [7, 11) is 0. The van der Waals surface area contributed by atoms with Crippen LogP contribution in [-0.2, 0) is 23.4 Å². The number of hydrogen-bond donors (Lipinski definition) is 1. The maximum Gasteiger partial charge on any atom is 0.435 e. The Morgan fingerprint density at radius 2 is 1.96 bits per heavy atom. The van der Waals surface area contributed by atoms with Gasteiger partial charge in [-0.15, -0.1) is 0 Å². The molecule has 134 valence electrons. The van der Waals surface area contributed by atoms with E-state index in [1.807, 2.05) is 0 Å². The van der Waals surface area contributed by atoms with Gasteiger partial charge in [0.05, 0.1) is 0 Å². The maximum absolute atomic E-state index is 11.4. The highest BCUT2D eigenvalue weighted by molar-refractivity contribution is 8.04. The van der Waals surface area contributed by atoms with Crippen molar-refractivity contribution in [1.82, 2.24) is 0 Å². The molecule has 24 heavy (non-hydrogen) atoms. The van der Waals surface area contributed by atoms with E-state index < -0.39 is 17.9 Å². The number of thiocyanates is 1. The van der Waals surface area contributed by atoms with Gasteiger partial charge in [-0.3, -0.25) is 4.79 Å². The van der Waals surface area contributed by atoms with Crippen LogP contribution in [0.15, 0.2) is 0 Å². The molecule has 2 aliphatic rings. The van der Waals surface area contributed by atoms with Gasteiger partial charge in [-0.05, 0) is 42.4 Å². The summed E-state index contributed by atoms with van der Waals surface area (Å²) in [4.78, 5) is 31.9. The highest BCUT2D eigenvalue weighted by Gasteiger charge is 2.63. The fraction of sp³-hybridized carbons (Fsp3) is 0.733. The fourth-order valence-corrected chi connectivity index (χ4v) is 3.86. The van der Waals surface area contributed by atoms with E-state index in [-0.39, 0.29) is 22.7 Å². The zero-order chi connectivity index (χ0) is 18.5. The number of carbonyl (C=O) groups excluding carboxylic acids is 2. The molecule has 2 saturated carbocycles. The molecular weight excluding hydrogens is 358 g/mol. The van der Waals surface area contributed by atoms with E-state index >= 15 is 0 Å². The average Bonchev–Trinajstić information content (AvgIpc) is 2.85. The van der Waals surface area contributed by atoms with E-state index in [1.165, 1.54) is 0 Å². The standard InChI is InChI=1S/C12H17ClO4.C3H3NO2S/c1-11(2)7-4-5-12(11,3)8(6-7)16-9(14)10(15)17-13;4-2-7-1-3(5)6/h7-8H,4-6H2,1-3H3;1H2,(H,5,6)/t7-,8?,12-;/m1./s1. The molecule has 0 spiro atoms. The van der Waals surface area contributed by atoms with Gasteiger partial charge in [0.1, 0.15) is 29.1 Å². The number of halogens is 1. The topological polar surface area (TPSA) is 114 Å². The normalized spacial score (nSPS) is 29.0. The van der Waals surface area contributed by atoms with Gasteiger partial charge in [-0.25, -0.2) is 9.59 Å². The lowest BCUT2D eigenvalue weighted by Gasteiger charge is -2.38. The smallest absolute Gasteiger partial charge is 0.435 e. The minimum absolute atomic E-state index is 0.0556. The molecule has 0 aromatic heterocycles. The molecule has 7 nitrogen and oxygen atoms in total. The number of fused-ring (bicyclic) bond motifs is 2. The number of ether oxygens (including phenoxy) is 1.